The molecule has 1 aliphatic rings. The fraction of sp³-hybridized carbons (Fsp3) is 0.267. The summed E-state index contributed by atoms with van der Waals surface area (Å²) < 4.78 is 6.26. The highest BCUT2D eigenvalue weighted by atomic mass is 79.9. The number of halogens is 2. The van der Waals surface area contributed by atoms with E-state index in [-0.39, 0.29) is 10.7 Å². The van der Waals surface area contributed by atoms with Crippen LogP contribution in [0.5, 0.6) is 0 Å². The Balaban J connectivity index is 1.97. The molecule has 2 aromatic rings. The number of hydrogen-bond donors (Lipinski definition) is 1. The fourth-order valence-corrected chi connectivity index (χ4v) is 3.24. The SMILES string of the molecule is O=C1NCCCc2ccc(C(Br)c3ccc(Br)o3)cc21. The topological polar surface area (TPSA) is 42.2 Å². The number of alkyl halides is 1. The van der Waals surface area contributed by atoms with Crippen LogP contribution in [0.4, 0.5) is 0 Å². The Bertz CT molecular complexity index is 651. The van der Waals surface area contributed by atoms with Crippen LogP contribution in [0, 0.1) is 0 Å². The van der Waals surface area contributed by atoms with Gasteiger partial charge in [-0.15, -0.1) is 0 Å². The lowest BCUT2D eigenvalue weighted by molar-refractivity contribution is 0.0956. The molecule has 5 heteroatoms. The molecule has 3 rings (SSSR count). The zero-order valence-electron chi connectivity index (χ0n) is 10.7. The number of carbonyl (C=O) groups is 1. The highest BCUT2D eigenvalue weighted by molar-refractivity contribution is 9.10. The van der Waals surface area contributed by atoms with Crippen molar-refractivity contribution >= 4 is 37.8 Å². The number of hydrogen-bond acceptors (Lipinski definition) is 2. The summed E-state index contributed by atoms with van der Waals surface area (Å²) in [5.41, 5.74) is 2.90. The molecule has 1 unspecified atom stereocenters. The Morgan fingerprint density at radius 3 is 2.85 bits per heavy atom. The van der Waals surface area contributed by atoms with Crippen LogP contribution in [-0.4, -0.2) is 12.5 Å². The van der Waals surface area contributed by atoms with Gasteiger partial charge >= 0.3 is 0 Å². The zero-order valence-corrected chi connectivity index (χ0v) is 13.8. The lowest BCUT2D eigenvalue weighted by Gasteiger charge is -2.11. The van der Waals surface area contributed by atoms with Crippen molar-refractivity contribution in [3.05, 3.63) is 57.5 Å². The van der Waals surface area contributed by atoms with Crippen molar-refractivity contribution in [2.75, 3.05) is 6.54 Å². The summed E-state index contributed by atoms with van der Waals surface area (Å²) in [5.74, 6) is 0.825. The molecule has 1 aliphatic heterocycles. The van der Waals surface area contributed by atoms with Crippen LogP contribution < -0.4 is 5.32 Å². The summed E-state index contributed by atoms with van der Waals surface area (Å²) in [6, 6.07) is 9.82. The van der Waals surface area contributed by atoms with Crippen molar-refractivity contribution in [2.24, 2.45) is 0 Å². The number of fused-ring (bicyclic) bond motifs is 1. The minimum absolute atomic E-state index is 0.0136. The van der Waals surface area contributed by atoms with Gasteiger partial charge in [0.05, 0.1) is 4.83 Å². The van der Waals surface area contributed by atoms with Crippen LogP contribution in [0.3, 0.4) is 0 Å². The minimum atomic E-state index is -0.0600. The van der Waals surface area contributed by atoms with Crippen molar-refractivity contribution in [1.29, 1.82) is 0 Å². The molecule has 0 radical (unpaired) electrons. The molecule has 0 bridgehead atoms. The fourth-order valence-electron chi connectivity index (χ4n) is 2.39. The van der Waals surface area contributed by atoms with Gasteiger partial charge in [-0.1, -0.05) is 28.1 Å². The average molecular weight is 399 g/mol. The summed E-state index contributed by atoms with van der Waals surface area (Å²) >= 11 is 6.93. The molecule has 0 saturated carbocycles. The van der Waals surface area contributed by atoms with E-state index in [4.69, 9.17) is 4.42 Å². The summed E-state index contributed by atoms with van der Waals surface area (Å²) in [6.45, 7) is 0.742. The molecule has 20 heavy (non-hydrogen) atoms. The first-order chi connectivity index (χ1) is 9.65. The molecular formula is C15H13Br2NO2. The molecular weight excluding hydrogens is 386 g/mol. The van der Waals surface area contributed by atoms with Crippen molar-refractivity contribution in [2.45, 2.75) is 17.7 Å². The molecule has 3 nitrogen and oxygen atoms in total. The molecule has 104 valence electrons. The van der Waals surface area contributed by atoms with E-state index in [1.165, 1.54) is 0 Å². The average Bonchev–Trinajstić information content (AvgIpc) is 2.80. The van der Waals surface area contributed by atoms with Gasteiger partial charge in [0, 0.05) is 12.1 Å². The summed E-state index contributed by atoms with van der Waals surface area (Å²) in [7, 11) is 0. The Kier molecular flexibility index (Phi) is 3.98. The highest BCUT2D eigenvalue weighted by Crippen LogP contribution is 2.34. The molecule has 1 amide bonds. The van der Waals surface area contributed by atoms with Crippen LogP contribution in [0.1, 0.15) is 38.5 Å². The van der Waals surface area contributed by atoms with E-state index in [2.05, 4.69) is 37.2 Å². The molecule has 0 spiro atoms. The smallest absolute Gasteiger partial charge is 0.251 e. The molecule has 1 aromatic heterocycles. The number of carbonyl (C=O) groups excluding carboxylic acids is 1. The van der Waals surface area contributed by atoms with Gasteiger partial charge in [-0.3, -0.25) is 4.79 Å². The van der Waals surface area contributed by atoms with Crippen molar-refractivity contribution in [1.82, 2.24) is 5.32 Å². The van der Waals surface area contributed by atoms with Gasteiger partial charge in [0.1, 0.15) is 5.76 Å². The van der Waals surface area contributed by atoms with E-state index in [0.29, 0.717) is 4.67 Å². The maximum absolute atomic E-state index is 12.1. The monoisotopic (exact) mass is 397 g/mol. The Morgan fingerprint density at radius 1 is 1.25 bits per heavy atom. The van der Waals surface area contributed by atoms with Gasteiger partial charge in [0.25, 0.3) is 5.91 Å². The second-order valence-corrected chi connectivity index (χ2v) is 6.48. The Hall–Kier alpha value is -1.07. The first kappa shape index (κ1) is 13.9. The van der Waals surface area contributed by atoms with E-state index < -0.39 is 0 Å². The third kappa shape index (κ3) is 2.69. The lowest BCUT2D eigenvalue weighted by Crippen LogP contribution is -2.22. The molecule has 0 fully saturated rings. The molecule has 2 heterocycles. The molecule has 1 atom stereocenters. The normalized spacial score (nSPS) is 16.2. The quantitative estimate of drug-likeness (QED) is 0.770. The number of rotatable bonds is 2. The molecule has 1 aromatic carbocycles. The predicted octanol–water partition coefficient (Wildman–Crippen LogP) is 4.20. The van der Waals surface area contributed by atoms with Gasteiger partial charge in [-0.05, 0) is 58.1 Å². The number of furan rings is 1. The largest absolute Gasteiger partial charge is 0.453 e. The number of benzene rings is 1. The third-order valence-corrected chi connectivity index (χ3v) is 4.83. The van der Waals surface area contributed by atoms with Gasteiger partial charge in [-0.2, -0.15) is 0 Å². The minimum Gasteiger partial charge on any atom is -0.453 e. The van der Waals surface area contributed by atoms with Crippen molar-refractivity contribution in [3.63, 3.8) is 0 Å². The molecule has 0 aliphatic carbocycles. The lowest BCUT2D eigenvalue weighted by atomic mass is 9.99. The van der Waals surface area contributed by atoms with Gasteiger partial charge in [0.15, 0.2) is 4.67 Å². The van der Waals surface area contributed by atoms with Crippen molar-refractivity contribution in [3.8, 4) is 0 Å². The standard InChI is InChI=1S/C15H13Br2NO2/c16-13-6-5-12(20-13)14(17)10-4-3-9-2-1-7-18-15(19)11(9)8-10/h3-6,8,14H,1-2,7H2,(H,18,19). The summed E-state index contributed by atoms with van der Waals surface area (Å²) in [4.78, 5) is 12.0. The van der Waals surface area contributed by atoms with Crippen LogP contribution in [0.25, 0.3) is 0 Å². The number of aryl methyl sites for hydroxylation is 1. The van der Waals surface area contributed by atoms with Crippen LogP contribution in [-0.2, 0) is 6.42 Å². The van der Waals surface area contributed by atoms with Crippen LogP contribution in [0.2, 0.25) is 0 Å². The maximum Gasteiger partial charge on any atom is 0.251 e. The Labute approximate surface area is 134 Å². The first-order valence-corrected chi connectivity index (χ1v) is 8.16. The van der Waals surface area contributed by atoms with E-state index >= 15 is 0 Å². The van der Waals surface area contributed by atoms with E-state index in [0.717, 1.165) is 41.8 Å². The van der Waals surface area contributed by atoms with E-state index in [1.807, 2.05) is 30.3 Å². The third-order valence-electron chi connectivity index (χ3n) is 3.42. The first-order valence-electron chi connectivity index (χ1n) is 6.45. The van der Waals surface area contributed by atoms with Crippen LogP contribution >= 0.6 is 31.9 Å². The summed E-state index contributed by atoms with van der Waals surface area (Å²) in [5, 5.41) is 2.93. The van der Waals surface area contributed by atoms with Gasteiger partial charge in [0.2, 0.25) is 0 Å². The maximum atomic E-state index is 12.1. The number of nitrogens with one attached hydrogen (secondary N) is 1. The molecule has 0 saturated heterocycles. The molecule has 1 N–H and O–H groups in total. The zero-order chi connectivity index (χ0) is 14.1. The Morgan fingerprint density at radius 2 is 2.10 bits per heavy atom. The van der Waals surface area contributed by atoms with E-state index in [9.17, 15) is 4.79 Å². The summed E-state index contributed by atoms with van der Waals surface area (Å²) in [6.07, 6.45) is 1.93. The van der Waals surface area contributed by atoms with E-state index in [1.54, 1.807) is 0 Å². The second-order valence-electron chi connectivity index (χ2n) is 4.78. The predicted molar refractivity (Wildman–Crippen MR) is 84.3 cm³/mol. The van der Waals surface area contributed by atoms with Gasteiger partial charge < -0.3 is 9.73 Å². The second kappa shape index (κ2) is 5.74. The highest BCUT2D eigenvalue weighted by Gasteiger charge is 2.20. The van der Waals surface area contributed by atoms with Gasteiger partial charge in [-0.25, -0.2) is 0 Å². The van der Waals surface area contributed by atoms with Crippen molar-refractivity contribution < 1.29 is 9.21 Å². The van der Waals surface area contributed by atoms with Crippen LogP contribution in [0.15, 0.2) is 39.4 Å². The number of amides is 1.